The third kappa shape index (κ3) is 5.93. The number of Topliss-reactive ketones (excluding diaryl/α,β-unsaturated/α-hetero) is 1. The van der Waals surface area contributed by atoms with Gasteiger partial charge < -0.3 is 4.79 Å². The largest absolute Gasteiger partial charge is 0.300 e. The van der Waals surface area contributed by atoms with Crippen LogP contribution in [0.2, 0.25) is 0 Å². The van der Waals surface area contributed by atoms with Crippen molar-refractivity contribution in [2.75, 3.05) is 5.75 Å². The Morgan fingerprint density at radius 1 is 1.29 bits per heavy atom. The van der Waals surface area contributed by atoms with E-state index in [-0.39, 0.29) is 0 Å². The molecular weight excluding hydrogens is 312 g/mol. The van der Waals surface area contributed by atoms with Crippen molar-refractivity contribution in [1.29, 1.82) is 0 Å². The van der Waals surface area contributed by atoms with Gasteiger partial charge in [0.2, 0.25) is 0 Å². The summed E-state index contributed by atoms with van der Waals surface area (Å²) in [6.07, 6.45) is 12.6. The van der Waals surface area contributed by atoms with Gasteiger partial charge in [0.25, 0.3) is 0 Å². The molecule has 24 heavy (non-hydrogen) atoms. The summed E-state index contributed by atoms with van der Waals surface area (Å²) in [6, 6.07) is 0. The number of hydrogen-bond donors (Lipinski definition) is 0. The summed E-state index contributed by atoms with van der Waals surface area (Å²) in [5.41, 5.74) is 1.78. The summed E-state index contributed by atoms with van der Waals surface area (Å²) in [5, 5.41) is 1.82. The van der Waals surface area contributed by atoms with Gasteiger partial charge in [-0.2, -0.15) is 0 Å². The summed E-state index contributed by atoms with van der Waals surface area (Å²) >= 11 is 0. The highest BCUT2D eigenvalue weighted by atomic mass is 32.2. The van der Waals surface area contributed by atoms with Gasteiger partial charge >= 0.3 is 0 Å². The van der Waals surface area contributed by atoms with E-state index in [0.717, 1.165) is 28.8 Å². The number of carbonyl (C=O) groups is 1. The first kappa shape index (κ1) is 20.1. The second-order valence-corrected chi connectivity index (χ2v) is 11.3. The number of fused-ring (bicyclic) bond motifs is 1. The Hall–Kier alpha value is -0.240. The lowest BCUT2D eigenvalue weighted by Crippen LogP contribution is -2.36. The van der Waals surface area contributed by atoms with Crippen molar-refractivity contribution in [2.45, 2.75) is 96.5 Å². The molecule has 0 radical (unpaired) electrons. The van der Waals surface area contributed by atoms with E-state index in [1.54, 1.807) is 12.5 Å². The minimum absolute atomic E-state index is 0.376. The molecule has 2 rings (SSSR count). The molecule has 1 fully saturated rings. The maximum absolute atomic E-state index is 11.6. The fourth-order valence-corrected chi connectivity index (χ4v) is 7.94. The molecular formula is C22H39OS+. The Labute approximate surface area is 153 Å². The van der Waals surface area contributed by atoms with Crippen LogP contribution in [0.25, 0.3) is 0 Å². The summed E-state index contributed by atoms with van der Waals surface area (Å²) in [5.74, 6) is 4.07. The Morgan fingerprint density at radius 3 is 2.62 bits per heavy atom. The number of rotatable bonds is 11. The van der Waals surface area contributed by atoms with Crippen LogP contribution in [0.4, 0.5) is 0 Å². The van der Waals surface area contributed by atoms with Gasteiger partial charge in [0.05, 0.1) is 0 Å². The Bertz CT molecular complexity index is 441. The summed E-state index contributed by atoms with van der Waals surface area (Å²) in [7, 11) is 0.561. The van der Waals surface area contributed by atoms with Crippen LogP contribution in [-0.2, 0) is 15.7 Å². The quantitative estimate of drug-likeness (QED) is 0.333. The fourth-order valence-electron chi connectivity index (χ4n) is 4.61. The standard InChI is InChI=1S/C22H39OS/c1-6-8-19(12-17(4)23)11-16(3)15-24(18(5)7-2)22-10-9-20-13-21(20)14-22/h13,16,18-20,22H,6-12,14-15H2,1-5H3/q+1/t16-,18-,19+,20-,22-,24?/m1/s1. The Kier molecular flexibility index (Phi) is 7.91. The molecule has 1 saturated carbocycles. The predicted octanol–water partition coefficient (Wildman–Crippen LogP) is 5.93. The maximum atomic E-state index is 11.6. The topological polar surface area (TPSA) is 17.1 Å². The highest BCUT2D eigenvalue weighted by Crippen LogP contribution is 2.45. The normalized spacial score (nSPS) is 27.6. The van der Waals surface area contributed by atoms with E-state index in [1.807, 2.05) is 0 Å². The van der Waals surface area contributed by atoms with Gasteiger partial charge in [0.1, 0.15) is 22.0 Å². The van der Waals surface area contributed by atoms with Crippen molar-refractivity contribution in [3.63, 3.8) is 0 Å². The van der Waals surface area contributed by atoms with E-state index in [9.17, 15) is 4.79 Å². The van der Waals surface area contributed by atoms with E-state index in [0.29, 0.717) is 22.6 Å². The molecule has 0 heterocycles. The highest BCUT2D eigenvalue weighted by molar-refractivity contribution is 7.98. The van der Waals surface area contributed by atoms with E-state index in [1.165, 1.54) is 50.7 Å². The molecule has 2 aliphatic carbocycles. The molecule has 0 aliphatic heterocycles. The van der Waals surface area contributed by atoms with Crippen molar-refractivity contribution >= 4 is 16.7 Å². The highest BCUT2D eigenvalue weighted by Gasteiger charge is 2.43. The lowest BCUT2D eigenvalue weighted by atomic mass is 9.89. The number of carbonyl (C=O) groups excluding carboxylic acids is 1. The molecule has 0 aromatic carbocycles. The zero-order valence-electron chi connectivity index (χ0n) is 16.6. The van der Waals surface area contributed by atoms with Crippen molar-refractivity contribution in [3.05, 3.63) is 11.6 Å². The van der Waals surface area contributed by atoms with Crippen LogP contribution < -0.4 is 0 Å². The average molecular weight is 352 g/mol. The average Bonchev–Trinajstić information content (AvgIpc) is 3.30. The van der Waals surface area contributed by atoms with Crippen molar-refractivity contribution in [3.8, 4) is 0 Å². The summed E-state index contributed by atoms with van der Waals surface area (Å²) in [6.45, 7) is 11.3. The third-order valence-corrected chi connectivity index (χ3v) is 9.63. The van der Waals surface area contributed by atoms with Crippen LogP contribution in [-0.4, -0.2) is 22.0 Å². The van der Waals surface area contributed by atoms with Crippen molar-refractivity contribution in [2.24, 2.45) is 17.8 Å². The van der Waals surface area contributed by atoms with Gasteiger partial charge in [-0.15, -0.1) is 0 Å². The Morgan fingerprint density at radius 2 is 2.04 bits per heavy atom. The Balaban J connectivity index is 1.91. The van der Waals surface area contributed by atoms with Gasteiger partial charge in [0.15, 0.2) is 0 Å². The lowest BCUT2D eigenvalue weighted by Gasteiger charge is -2.29. The van der Waals surface area contributed by atoms with Crippen LogP contribution in [0.1, 0.15) is 86.0 Å². The first-order valence-electron chi connectivity index (χ1n) is 10.3. The molecule has 0 aromatic heterocycles. The maximum Gasteiger partial charge on any atom is 0.130 e. The molecule has 0 bridgehead atoms. The number of hydrogen-bond acceptors (Lipinski definition) is 1. The molecule has 1 nitrogen and oxygen atoms in total. The number of ketones is 1. The molecule has 0 aromatic rings. The first-order chi connectivity index (χ1) is 11.4. The molecule has 138 valence electrons. The molecule has 0 saturated heterocycles. The molecule has 0 amide bonds. The van der Waals surface area contributed by atoms with Gasteiger partial charge in [-0.1, -0.05) is 45.3 Å². The van der Waals surface area contributed by atoms with Gasteiger partial charge in [-0.3, -0.25) is 0 Å². The first-order valence-corrected chi connectivity index (χ1v) is 11.8. The van der Waals surface area contributed by atoms with Crippen LogP contribution in [0.3, 0.4) is 0 Å². The number of allylic oxidation sites excluding steroid dienone is 2. The lowest BCUT2D eigenvalue weighted by molar-refractivity contribution is -0.118. The minimum Gasteiger partial charge on any atom is -0.300 e. The molecule has 0 N–H and O–H groups in total. The second-order valence-electron chi connectivity index (χ2n) is 8.51. The molecule has 6 atom stereocenters. The van der Waals surface area contributed by atoms with Crippen molar-refractivity contribution in [1.82, 2.24) is 0 Å². The fraction of sp³-hybridized carbons (Fsp3) is 0.864. The molecule has 0 spiro atoms. The van der Waals surface area contributed by atoms with Crippen LogP contribution in [0.15, 0.2) is 11.6 Å². The SMILES string of the molecule is CCC[C@H](CC(C)=O)C[C@@H](C)C[S+]([C@@H]1CC[C@@H]2C=C2C1)[C@H](C)CC. The van der Waals surface area contributed by atoms with E-state index >= 15 is 0 Å². The monoisotopic (exact) mass is 351 g/mol. The van der Waals surface area contributed by atoms with E-state index in [2.05, 4.69) is 33.8 Å². The minimum atomic E-state index is 0.376. The second kappa shape index (κ2) is 9.46. The third-order valence-electron chi connectivity index (χ3n) is 6.05. The van der Waals surface area contributed by atoms with E-state index < -0.39 is 0 Å². The zero-order valence-corrected chi connectivity index (χ0v) is 17.5. The molecule has 2 aliphatic rings. The molecule has 2 heteroatoms. The zero-order chi connectivity index (χ0) is 17.7. The van der Waals surface area contributed by atoms with Gasteiger partial charge in [-0.25, -0.2) is 0 Å². The van der Waals surface area contributed by atoms with Crippen molar-refractivity contribution < 1.29 is 4.79 Å². The smallest absolute Gasteiger partial charge is 0.130 e. The van der Waals surface area contributed by atoms with Crippen LogP contribution >= 0.6 is 0 Å². The summed E-state index contributed by atoms with van der Waals surface area (Å²) in [4.78, 5) is 11.6. The van der Waals surface area contributed by atoms with Crippen LogP contribution in [0, 0.1) is 17.8 Å². The van der Waals surface area contributed by atoms with Crippen LogP contribution in [0.5, 0.6) is 0 Å². The van der Waals surface area contributed by atoms with E-state index in [4.69, 9.17) is 0 Å². The molecule has 1 unspecified atom stereocenters. The summed E-state index contributed by atoms with van der Waals surface area (Å²) < 4.78 is 0. The predicted molar refractivity (Wildman–Crippen MR) is 109 cm³/mol. The van der Waals surface area contributed by atoms with Gasteiger partial charge in [0, 0.05) is 18.8 Å². The van der Waals surface area contributed by atoms with Gasteiger partial charge in [-0.05, 0) is 62.3 Å².